The van der Waals surface area contributed by atoms with Crippen molar-refractivity contribution < 1.29 is 14.5 Å². The molecule has 0 unspecified atom stereocenters. The number of rotatable bonds is 8. The second kappa shape index (κ2) is 9.82. The second-order valence-electron chi connectivity index (χ2n) is 6.35. The number of benzene rings is 3. The highest BCUT2D eigenvalue weighted by molar-refractivity contribution is 6.31. The first-order valence-corrected chi connectivity index (χ1v) is 9.33. The van der Waals surface area contributed by atoms with Crippen molar-refractivity contribution in [1.29, 1.82) is 0 Å². The van der Waals surface area contributed by atoms with Gasteiger partial charge < -0.3 is 10.1 Å². The zero-order chi connectivity index (χ0) is 20.6. The fourth-order valence-corrected chi connectivity index (χ4v) is 3.01. The minimum absolute atomic E-state index is 0.0304. The molecule has 0 aromatic heterocycles. The van der Waals surface area contributed by atoms with Crippen LogP contribution >= 0.6 is 11.6 Å². The molecule has 3 aromatic rings. The normalized spacial score (nSPS) is 10.5. The van der Waals surface area contributed by atoms with E-state index in [1.807, 2.05) is 54.6 Å². The summed E-state index contributed by atoms with van der Waals surface area (Å²) in [7, 11) is 0. The number of halogens is 1. The minimum atomic E-state index is -0.619. The van der Waals surface area contributed by atoms with E-state index < -0.39 is 10.8 Å². The van der Waals surface area contributed by atoms with E-state index in [0.29, 0.717) is 13.2 Å². The molecule has 1 amide bonds. The lowest BCUT2D eigenvalue weighted by Gasteiger charge is -2.12. The van der Waals surface area contributed by atoms with Gasteiger partial charge in [-0.15, -0.1) is 0 Å². The van der Waals surface area contributed by atoms with Crippen molar-refractivity contribution in [2.45, 2.75) is 19.8 Å². The topological polar surface area (TPSA) is 81.5 Å². The monoisotopic (exact) mass is 410 g/mol. The summed E-state index contributed by atoms with van der Waals surface area (Å²) in [5.74, 6) is -0.534. The lowest BCUT2D eigenvalue weighted by atomic mass is 10.1. The molecule has 7 heteroatoms. The molecule has 0 fully saturated rings. The maximum Gasteiger partial charge on any atom is 0.283 e. The number of nitrogens with zero attached hydrogens (tertiary/aromatic N) is 1. The SMILES string of the molecule is O=C(NCc1ccccc1COCc1ccccc1)c1ccc(Cl)cc1[N+](=O)[O-]. The summed E-state index contributed by atoms with van der Waals surface area (Å²) in [5, 5.41) is 14.1. The largest absolute Gasteiger partial charge is 0.372 e. The van der Waals surface area contributed by atoms with E-state index in [1.54, 1.807) is 0 Å². The van der Waals surface area contributed by atoms with Gasteiger partial charge in [-0.3, -0.25) is 14.9 Å². The third kappa shape index (κ3) is 5.63. The quantitative estimate of drug-likeness (QED) is 0.423. The standard InChI is InChI=1S/C22H19ClN2O4/c23-19-10-11-20(21(12-19)25(27)28)22(26)24-13-17-8-4-5-9-18(17)15-29-14-16-6-2-1-3-7-16/h1-12H,13-15H2,(H,24,26). The summed E-state index contributed by atoms with van der Waals surface area (Å²) >= 11 is 5.80. The van der Waals surface area contributed by atoms with Crippen molar-refractivity contribution in [2.24, 2.45) is 0 Å². The van der Waals surface area contributed by atoms with E-state index in [1.165, 1.54) is 18.2 Å². The van der Waals surface area contributed by atoms with Crippen LogP contribution in [0.5, 0.6) is 0 Å². The smallest absolute Gasteiger partial charge is 0.283 e. The van der Waals surface area contributed by atoms with Crippen molar-refractivity contribution in [3.05, 3.63) is 110 Å². The number of carbonyl (C=O) groups excluding carboxylic acids is 1. The van der Waals surface area contributed by atoms with Gasteiger partial charge >= 0.3 is 0 Å². The molecule has 148 valence electrons. The Hall–Kier alpha value is -3.22. The Bertz CT molecular complexity index is 1010. The highest BCUT2D eigenvalue weighted by Gasteiger charge is 2.20. The van der Waals surface area contributed by atoms with Crippen molar-refractivity contribution in [2.75, 3.05) is 0 Å². The zero-order valence-electron chi connectivity index (χ0n) is 15.5. The van der Waals surface area contributed by atoms with Crippen LogP contribution in [0.1, 0.15) is 27.0 Å². The van der Waals surface area contributed by atoms with Gasteiger partial charge in [0.15, 0.2) is 0 Å². The van der Waals surface area contributed by atoms with Gasteiger partial charge in [-0.25, -0.2) is 0 Å². The Morgan fingerprint density at radius 2 is 1.66 bits per heavy atom. The number of hydrogen-bond acceptors (Lipinski definition) is 4. The molecule has 3 rings (SSSR count). The van der Waals surface area contributed by atoms with Crippen molar-refractivity contribution in [3.63, 3.8) is 0 Å². The fourth-order valence-electron chi connectivity index (χ4n) is 2.84. The van der Waals surface area contributed by atoms with Crippen LogP contribution < -0.4 is 5.32 Å². The van der Waals surface area contributed by atoms with Crippen molar-refractivity contribution in [1.82, 2.24) is 5.32 Å². The molecule has 0 saturated heterocycles. The van der Waals surface area contributed by atoms with E-state index in [0.717, 1.165) is 16.7 Å². The van der Waals surface area contributed by atoms with Crippen LogP contribution in [0.3, 0.4) is 0 Å². The Balaban J connectivity index is 1.64. The van der Waals surface area contributed by atoms with Crippen molar-refractivity contribution >= 4 is 23.2 Å². The Morgan fingerprint density at radius 1 is 0.966 bits per heavy atom. The van der Waals surface area contributed by atoms with Crippen LogP contribution in [-0.4, -0.2) is 10.8 Å². The number of carbonyl (C=O) groups is 1. The molecule has 0 radical (unpaired) electrons. The molecule has 6 nitrogen and oxygen atoms in total. The third-order valence-corrected chi connectivity index (χ3v) is 4.56. The molecule has 3 aromatic carbocycles. The zero-order valence-corrected chi connectivity index (χ0v) is 16.3. The fraction of sp³-hybridized carbons (Fsp3) is 0.136. The van der Waals surface area contributed by atoms with Crippen LogP contribution in [0.2, 0.25) is 5.02 Å². The van der Waals surface area contributed by atoms with Gasteiger partial charge in [-0.2, -0.15) is 0 Å². The van der Waals surface area contributed by atoms with E-state index in [2.05, 4.69) is 5.32 Å². The van der Waals surface area contributed by atoms with Gasteiger partial charge in [0.05, 0.1) is 18.1 Å². The second-order valence-corrected chi connectivity index (χ2v) is 6.78. The molecule has 0 saturated carbocycles. The number of nitro benzene ring substituents is 1. The number of nitrogens with one attached hydrogen (secondary N) is 1. The van der Waals surface area contributed by atoms with Crippen LogP contribution in [0.4, 0.5) is 5.69 Å². The minimum Gasteiger partial charge on any atom is -0.372 e. The summed E-state index contributed by atoms with van der Waals surface area (Å²) in [6.07, 6.45) is 0. The number of nitro groups is 1. The maximum atomic E-state index is 12.5. The average Bonchev–Trinajstić information content (AvgIpc) is 2.73. The lowest BCUT2D eigenvalue weighted by Crippen LogP contribution is -2.24. The predicted molar refractivity (Wildman–Crippen MR) is 111 cm³/mol. The van der Waals surface area contributed by atoms with E-state index in [-0.39, 0.29) is 22.8 Å². The number of hydrogen-bond donors (Lipinski definition) is 1. The molecule has 0 aliphatic heterocycles. The molecule has 0 bridgehead atoms. The first kappa shape index (κ1) is 20.5. The Kier molecular flexibility index (Phi) is 6.94. The number of amides is 1. The van der Waals surface area contributed by atoms with Gasteiger partial charge in [0.2, 0.25) is 0 Å². The summed E-state index contributed by atoms with van der Waals surface area (Å²) in [6.45, 7) is 1.10. The molecule has 1 N–H and O–H groups in total. The first-order valence-electron chi connectivity index (χ1n) is 8.95. The summed E-state index contributed by atoms with van der Waals surface area (Å²) < 4.78 is 5.78. The first-order chi connectivity index (χ1) is 14.0. The molecular weight excluding hydrogens is 392 g/mol. The summed E-state index contributed by atoms with van der Waals surface area (Å²) in [5.41, 5.74) is 2.54. The highest BCUT2D eigenvalue weighted by atomic mass is 35.5. The molecule has 0 aliphatic rings. The molecule has 0 spiro atoms. The van der Waals surface area contributed by atoms with E-state index >= 15 is 0 Å². The van der Waals surface area contributed by atoms with Gasteiger partial charge in [-0.05, 0) is 28.8 Å². The maximum absolute atomic E-state index is 12.5. The Morgan fingerprint density at radius 3 is 2.38 bits per heavy atom. The van der Waals surface area contributed by atoms with Crippen LogP contribution in [0, 0.1) is 10.1 Å². The van der Waals surface area contributed by atoms with Crippen LogP contribution in [0.15, 0.2) is 72.8 Å². The lowest BCUT2D eigenvalue weighted by molar-refractivity contribution is -0.385. The Labute approximate surface area is 173 Å². The molecule has 29 heavy (non-hydrogen) atoms. The van der Waals surface area contributed by atoms with Gasteiger partial charge in [0.1, 0.15) is 5.56 Å². The summed E-state index contributed by atoms with van der Waals surface area (Å²) in [6, 6.07) is 21.4. The molecule has 0 aliphatic carbocycles. The average molecular weight is 411 g/mol. The number of ether oxygens (including phenoxy) is 1. The van der Waals surface area contributed by atoms with Crippen LogP contribution in [-0.2, 0) is 24.5 Å². The van der Waals surface area contributed by atoms with Gasteiger partial charge in [0, 0.05) is 17.6 Å². The predicted octanol–water partition coefficient (Wildman–Crippen LogP) is 4.90. The van der Waals surface area contributed by atoms with Crippen LogP contribution in [0.25, 0.3) is 0 Å². The molecule has 0 atom stereocenters. The summed E-state index contributed by atoms with van der Waals surface area (Å²) in [4.78, 5) is 23.0. The highest BCUT2D eigenvalue weighted by Crippen LogP contribution is 2.23. The van der Waals surface area contributed by atoms with Gasteiger partial charge in [-0.1, -0.05) is 66.2 Å². The van der Waals surface area contributed by atoms with E-state index in [9.17, 15) is 14.9 Å². The molecule has 0 heterocycles. The third-order valence-electron chi connectivity index (χ3n) is 4.33. The van der Waals surface area contributed by atoms with Crippen molar-refractivity contribution in [3.8, 4) is 0 Å². The molecular formula is C22H19ClN2O4. The van der Waals surface area contributed by atoms with E-state index in [4.69, 9.17) is 16.3 Å². The van der Waals surface area contributed by atoms with Gasteiger partial charge in [0.25, 0.3) is 11.6 Å².